The minimum atomic E-state index is 0.0793. The number of fused-ring (bicyclic) bond motifs is 4. The largest absolute Gasteiger partial charge is 0.497 e. The van der Waals surface area contributed by atoms with Crippen molar-refractivity contribution in [1.82, 2.24) is 10.0 Å². The zero-order chi connectivity index (χ0) is 15.2. The summed E-state index contributed by atoms with van der Waals surface area (Å²) in [6.07, 6.45) is 1.14. The fourth-order valence-electron chi connectivity index (χ4n) is 4.01. The van der Waals surface area contributed by atoms with Gasteiger partial charge in [0.05, 0.1) is 7.11 Å². The number of hydrazine groups is 1. The highest BCUT2D eigenvalue weighted by molar-refractivity contribution is 5.49. The van der Waals surface area contributed by atoms with Crippen LogP contribution in [0.1, 0.15) is 23.1 Å². The van der Waals surface area contributed by atoms with Crippen molar-refractivity contribution < 1.29 is 4.74 Å². The monoisotopic (exact) mass is 294 g/mol. The van der Waals surface area contributed by atoms with E-state index in [1.165, 1.54) is 16.7 Å². The van der Waals surface area contributed by atoms with Gasteiger partial charge in [-0.05, 0) is 35.2 Å². The number of hydrogen-bond acceptors (Lipinski definition) is 3. The molecule has 3 heteroatoms. The number of rotatable bonds is 2. The van der Waals surface area contributed by atoms with Crippen LogP contribution in [-0.2, 0) is 12.0 Å². The normalized spacial score (nSPS) is 27.3. The summed E-state index contributed by atoms with van der Waals surface area (Å²) in [7, 11) is 3.95. The summed E-state index contributed by atoms with van der Waals surface area (Å²) in [5.41, 5.74) is 4.36. The summed E-state index contributed by atoms with van der Waals surface area (Å²) in [5, 5.41) is 4.85. The predicted molar refractivity (Wildman–Crippen MR) is 87.9 cm³/mol. The molecule has 3 nitrogen and oxygen atoms in total. The first kappa shape index (κ1) is 13.8. The number of nitrogens with zero attached hydrogens (tertiary/aromatic N) is 2. The molecule has 2 bridgehead atoms. The van der Waals surface area contributed by atoms with Gasteiger partial charge in [-0.2, -0.15) is 0 Å². The molecule has 4 rings (SSSR count). The zero-order valence-corrected chi connectivity index (χ0v) is 13.2. The minimum Gasteiger partial charge on any atom is -0.497 e. The Morgan fingerprint density at radius 3 is 2.68 bits per heavy atom. The van der Waals surface area contributed by atoms with Crippen LogP contribution in [0.15, 0.2) is 48.5 Å². The Kier molecular flexibility index (Phi) is 3.21. The van der Waals surface area contributed by atoms with Crippen LogP contribution in [0.25, 0.3) is 0 Å². The third-order valence-corrected chi connectivity index (χ3v) is 5.31. The molecule has 0 saturated carbocycles. The van der Waals surface area contributed by atoms with E-state index in [-0.39, 0.29) is 5.41 Å². The molecular formula is C19H22N2O. The number of ether oxygens (including phenoxy) is 1. The molecule has 114 valence electrons. The van der Waals surface area contributed by atoms with Gasteiger partial charge >= 0.3 is 0 Å². The molecule has 0 aliphatic carbocycles. The second-order valence-electron chi connectivity index (χ2n) is 6.43. The van der Waals surface area contributed by atoms with Crippen molar-refractivity contribution in [2.75, 3.05) is 27.2 Å². The number of hydrogen-bond donors (Lipinski definition) is 0. The summed E-state index contributed by atoms with van der Waals surface area (Å²) in [6, 6.07) is 17.5. The van der Waals surface area contributed by atoms with E-state index in [1.807, 2.05) is 0 Å². The van der Waals surface area contributed by atoms with E-state index in [1.54, 1.807) is 7.11 Å². The predicted octanol–water partition coefficient (Wildman–Crippen LogP) is 3.05. The first-order valence-corrected chi connectivity index (χ1v) is 7.92. The number of benzene rings is 2. The van der Waals surface area contributed by atoms with E-state index >= 15 is 0 Å². The molecule has 22 heavy (non-hydrogen) atoms. The van der Waals surface area contributed by atoms with Crippen molar-refractivity contribution in [2.45, 2.75) is 18.4 Å². The van der Waals surface area contributed by atoms with Crippen LogP contribution in [0.2, 0.25) is 0 Å². The van der Waals surface area contributed by atoms with Crippen LogP contribution in [-0.4, -0.2) is 37.3 Å². The maximum Gasteiger partial charge on any atom is 0.119 e. The summed E-state index contributed by atoms with van der Waals surface area (Å²) in [5.74, 6) is 0.960. The van der Waals surface area contributed by atoms with E-state index in [4.69, 9.17) is 4.74 Å². The second kappa shape index (κ2) is 5.11. The molecule has 0 amide bonds. The lowest BCUT2D eigenvalue weighted by atomic mass is 9.67. The third-order valence-electron chi connectivity index (χ3n) is 5.31. The fourth-order valence-corrected chi connectivity index (χ4v) is 4.01. The van der Waals surface area contributed by atoms with Crippen molar-refractivity contribution in [3.05, 3.63) is 65.2 Å². The Morgan fingerprint density at radius 2 is 1.91 bits per heavy atom. The summed E-state index contributed by atoms with van der Waals surface area (Å²) in [6.45, 7) is 3.13. The first-order valence-electron chi connectivity index (χ1n) is 7.92. The molecular weight excluding hydrogens is 272 g/mol. The van der Waals surface area contributed by atoms with Crippen LogP contribution >= 0.6 is 0 Å². The van der Waals surface area contributed by atoms with Gasteiger partial charge in [-0.15, -0.1) is 0 Å². The van der Waals surface area contributed by atoms with Crippen LogP contribution in [0, 0.1) is 0 Å². The van der Waals surface area contributed by atoms with Gasteiger partial charge in [0.1, 0.15) is 5.75 Å². The van der Waals surface area contributed by atoms with Crippen molar-refractivity contribution in [1.29, 1.82) is 0 Å². The second-order valence-corrected chi connectivity index (χ2v) is 6.43. The lowest BCUT2D eigenvalue weighted by Gasteiger charge is -2.52. The third kappa shape index (κ3) is 1.97. The molecule has 2 atom stereocenters. The fraction of sp³-hybridized carbons (Fsp3) is 0.368. The molecule has 2 aliphatic rings. The van der Waals surface area contributed by atoms with E-state index in [9.17, 15) is 0 Å². The Labute approximate surface area is 132 Å². The van der Waals surface area contributed by atoms with E-state index in [0.717, 1.165) is 31.8 Å². The van der Waals surface area contributed by atoms with E-state index in [2.05, 4.69) is 65.6 Å². The summed E-state index contributed by atoms with van der Waals surface area (Å²) in [4.78, 5) is 0. The Hall–Kier alpha value is -1.84. The van der Waals surface area contributed by atoms with Crippen molar-refractivity contribution >= 4 is 0 Å². The standard InChI is InChI=1S/C19H22N2O/c1-20-11-10-19(16-6-4-3-5-7-16)14-21(20)13-15-8-9-17(22-2)12-18(15)19/h3-9,12H,10-11,13-14H2,1-2H3. The summed E-state index contributed by atoms with van der Waals surface area (Å²) >= 11 is 0. The van der Waals surface area contributed by atoms with Gasteiger partial charge in [-0.1, -0.05) is 36.4 Å². The quantitative estimate of drug-likeness (QED) is 0.846. The van der Waals surface area contributed by atoms with Crippen LogP contribution in [0.3, 0.4) is 0 Å². The molecule has 2 heterocycles. The highest BCUT2D eigenvalue weighted by Crippen LogP contribution is 2.45. The molecule has 0 radical (unpaired) electrons. The molecule has 2 aromatic carbocycles. The molecule has 0 spiro atoms. The molecule has 2 aromatic rings. The number of methoxy groups -OCH3 is 1. The molecule has 2 unspecified atom stereocenters. The van der Waals surface area contributed by atoms with Gasteiger partial charge in [0.15, 0.2) is 0 Å². The van der Waals surface area contributed by atoms with Crippen molar-refractivity contribution in [2.24, 2.45) is 0 Å². The van der Waals surface area contributed by atoms with E-state index in [0.29, 0.717) is 0 Å². The smallest absolute Gasteiger partial charge is 0.119 e. The van der Waals surface area contributed by atoms with Gasteiger partial charge in [-0.3, -0.25) is 0 Å². The highest BCUT2D eigenvalue weighted by atomic mass is 16.5. The molecule has 1 fully saturated rings. The van der Waals surface area contributed by atoms with Crippen LogP contribution in [0.4, 0.5) is 0 Å². The minimum absolute atomic E-state index is 0.0793. The first-order chi connectivity index (χ1) is 10.7. The van der Waals surface area contributed by atoms with Gasteiger partial charge in [0, 0.05) is 32.1 Å². The van der Waals surface area contributed by atoms with Gasteiger partial charge in [0.25, 0.3) is 0 Å². The lowest BCUT2D eigenvalue weighted by molar-refractivity contribution is -0.0690. The average Bonchev–Trinajstić information content (AvgIpc) is 2.59. The molecule has 0 N–H and O–H groups in total. The molecule has 0 aromatic heterocycles. The van der Waals surface area contributed by atoms with Gasteiger partial charge in [0.2, 0.25) is 0 Å². The van der Waals surface area contributed by atoms with Crippen LogP contribution in [0.5, 0.6) is 5.75 Å². The topological polar surface area (TPSA) is 15.7 Å². The Morgan fingerprint density at radius 1 is 1.09 bits per heavy atom. The zero-order valence-electron chi connectivity index (χ0n) is 13.2. The lowest BCUT2D eigenvalue weighted by Crippen LogP contribution is -2.58. The average molecular weight is 294 g/mol. The Bertz CT molecular complexity index is 685. The molecule has 1 saturated heterocycles. The van der Waals surface area contributed by atoms with Crippen molar-refractivity contribution in [3.8, 4) is 5.75 Å². The molecule has 2 aliphatic heterocycles. The van der Waals surface area contributed by atoms with Gasteiger partial charge < -0.3 is 4.74 Å². The maximum atomic E-state index is 5.50. The van der Waals surface area contributed by atoms with Crippen molar-refractivity contribution in [3.63, 3.8) is 0 Å². The van der Waals surface area contributed by atoms with Gasteiger partial charge in [-0.25, -0.2) is 10.0 Å². The van der Waals surface area contributed by atoms with Crippen LogP contribution < -0.4 is 4.74 Å². The highest BCUT2D eigenvalue weighted by Gasteiger charge is 2.45. The summed E-state index contributed by atoms with van der Waals surface area (Å²) < 4.78 is 5.50. The Balaban J connectivity index is 1.92. The maximum absolute atomic E-state index is 5.50. The SMILES string of the molecule is COc1ccc2c(c1)C1(c3ccccc3)CCN(C)N(C2)C1. The van der Waals surface area contributed by atoms with E-state index < -0.39 is 0 Å².